The first-order valence-corrected chi connectivity index (χ1v) is 20.0. The molecule has 1 aromatic carbocycles. The molecule has 0 heterocycles. The molecule has 0 bridgehead atoms. The summed E-state index contributed by atoms with van der Waals surface area (Å²) in [5, 5.41) is 0. The van der Waals surface area contributed by atoms with Gasteiger partial charge in [0.1, 0.15) is 12.4 Å². The molecule has 46 heavy (non-hydrogen) atoms. The summed E-state index contributed by atoms with van der Waals surface area (Å²) in [6, 6.07) is 10.3. The van der Waals surface area contributed by atoms with Crippen molar-refractivity contribution in [3.8, 4) is 0 Å². The van der Waals surface area contributed by atoms with E-state index >= 15 is 0 Å². The molecule has 1 unspecified atom stereocenters. The van der Waals surface area contributed by atoms with Crippen LogP contribution in [0.3, 0.4) is 0 Å². The topological polar surface area (TPSA) is 67.9 Å². The standard InChI is InChI=1S/C39H70N2O4S/c1-3-5-6-7-11-19-27-38(4-2)45-39(43)28-20-12-10-14-22-31-41(30-21-13-8-9-15-23-33-42)32-24-29-40-46-35-34-44-36-37-25-17-16-18-26-37/h16-18,25-26,33,38,40H,3-15,19-24,27-32,34-36H2,1-2H3. The van der Waals surface area contributed by atoms with Gasteiger partial charge in [0.05, 0.1) is 13.2 Å². The summed E-state index contributed by atoms with van der Waals surface area (Å²) in [5.74, 6) is 0.957. The molecular weight excluding hydrogens is 593 g/mol. The van der Waals surface area contributed by atoms with Crippen molar-refractivity contribution >= 4 is 24.2 Å². The third-order valence-corrected chi connectivity index (χ3v) is 9.36. The first-order valence-electron chi connectivity index (χ1n) is 19.0. The van der Waals surface area contributed by atoms with Gasteiger partial charge < -0.3 is 19.2 Å². The molecule has 0 aliphatic heterocycles. The van der Waals surface area contributed by atoms with Gasteiger partial charge in [-0.15, -0.1) is 0 Å². The van der Waals surface area contributed by atoms with E-state index in [-0.39, 0.29) is 12.1 Å². The lowest BCUT2D eigenvalue weighted by molar-refractivity contribution is -0.149. The first kappa shape index (κ1) is 42.6. The minimum absolute atomic E-state index is 0.00153. The maximum absolute atomic E-state index is 12.4. The molecular formula is C39H70N2O4S. The van der Waals surface area contributed by atoms with Gasteiger partial charge in [0.15, 0.2) is 0 Å². The lowest BCUT2D eigenvalue weighted by Crippen LogP contribution is -2.29. The molecule has 0 spiro atoms. The average Bonchev–Trinajstić information content (AvgIpc) is 3.07. The van der Waals surface area contributed by atoms with Gasteiger partial charge in [-0.25, -0.2) is 0 Å². The number of benzene rings is 1. The van der Waals surface area contributed by atoms with Crippen molar-refractivity contribution in [2.24, 2.45) is 0 Å². The van der Waals surface area contributed by atoms with Gasteiger partial charge in [-0.3, -0.25) is 9.52 Å². The Kier molecular flexibility index (Phi) is 31.0. The van der Waals surface area contributed by atoms with Crippen molar-refractivity contribution in [3.63, 3.8) is 0 Å². The SMILES string of the molecule is CCCCCCCCC(CC)OC(=O)CCCCCCCN(CCCCCCCC=O)CCCNSCCOCc1ccccc1. The normalized spacial score (nSPS) is 12.1. The molecule has 266 valence electrons. The molecule has 1 aromatic rings. The van der Waals surface area contributed by atoms with E-state index in [1.807, 2.05) is 6.07 Å². The highest BCUT2D eigenvalue weighted by molar-refractivity contribution is 7.97. The highest BCUT2D eigenvalue weighted by atomic mass is 32.2. The number of unbranched alkanes of at least 4 members (excludes halogenated alkanes) is 14. The van der Waals surface area contributed by atoms with Crippen LogP contribution in [0, 0.1) is 0 Å². The van der Waals surface area contributed by atoms with Crippen LogP contribution in [-0.2, 0) is 25.7 Å². The van der Waals surface area contributed by atoms with Crippen LogP contribution in [0.2, 0.25) is 0 Å². The zero-order valence-electron chi connectivity index (χ0n) is 29.8. The van der Waals surface area contributed by atoms with Crippen molar-refractivity contribution in [1.82, 2.24) is 9.62 Å². The van der Waals surface area contributed by atoms with E-state index in [1.54, 1.807) is 11.9 Å². The molecule has 0 amide bonds. The fourth-order valence-corrected chi connectivity index (χ4v) is 6.33. The van der Waals surface area contributed by atoms with Crippen molar-refractivity contribution in [3.05, 3.63) is 35.9 Å². The number of ether oxygens (including phenoxy) is 2. The fourth-order valence-electron chi connectivity index (χ4n) is 5.69. The number of esters is 1. The number of rotatable bonds is 35. The maximum Gasteiger partial charge on any atom is 0.306 e. The molecule has 0 saturated carbocycles. The van der Waals surface area contributed by atoms with Crippen LogP contribution in [-0.4, -0.2) is 61.8 Å². The minimum atomic E-state index is 0.00153. The van der Waals surface area contributed by atoms with Crippen LogP contribution >= 0.6 is 11.9 Å². The van der Waals surface area contributed by atoms with Crippen LogP contribution in [0.25, 0.3) is 0 Å². The summed E-state index contributed by atoms with van der Waals surface area (Å²) in [6.45, 7) is 10.3. The van der Waals surface area contributed by atoms with Crippen LogP contribution in [0.15, 0.2) is 30.3 Å². The first-order chi connectivity index (χ1) is 22.7. The van der Waals surface area contributed by atoms with Crippen molar-refractivity contribution in [2.45, 2.75) is 161 Å². The van der Waals surface area contributed by atoms with E-state index in [0.29, 0.717) is 19.4 Å². The van der Waals surface area contributed by atoms with Crippen LogP contribution in [0.4, 0.5) is 0 Å². The Morgan fingerprint density at radius 2 is 1.43 bits per heavy atom. The monoisotopic (exact) mass is 663 g/mol. The van der Waals surface area contributed by atoms with Gasteiger partial charge in [0.2, 0.25) is 0 Å². The molecule has 1 N–H and O–H groups in total. The molecule has 0 aromatic heterocycles. The van der Waals surface area contributed by atoms with E-state index in [1.165, 1.54) is 89.0 Å². The largest absolute Gasteiger partial charge is 0.462 e. The smallest absolute Gasteiger partial charge is 0.306 e. The Hall–Kier alpha value is -1.41. The van der Waals surface area contributed by atoms with E-state index in [2.05, 4.69) is 47.7 Å². The summed E-state index contributed by atoms with van der Waals surface area (Å²) in [7, 11) is 0. The van der Waals surface area contributed by atoms with Crippen molar-refractivity contribution in [1.29, 1.82) is 0 Å². The maximum atomic E-state index is 12.4. The number of nitrogens with one attached hydrogen (secondary N) is 1. The van der Waals surface area contributed by atoms with E-state index in [4.69, 9.17) is 9.47 Å². The second kappa shape index (κ2) is 33.5. The van der Waals surface area contributed by atoms with Crippen LogP contribution in [0.1, 0.15) is 154 Å². The van der Waals surface area contributed by atoms with E-state index < -0.39 is 0 Å². The summed E-state index contributed by atoms with van der Waals surface area (Å²) >= 11 is 1.76. The predicted octanol–water partition coefficient (Wildman–Crippen LogP) is 10.1. The second-order valence-corrected chi connectivity index (χ2v) is 13.8. The third-order valence-electron chi connectivity index (χ3n) is 8.58. The molecule has 0 aliphatic rings. The van der Waals surface area contributed by atoms with Crippen LogP contribution < -0.4 is 4.72 Å². The molecule has 1 rings (SSSR count). The number of carbonyl (C=O) groups is 2. The highest BCUT2D eigenvalue weighted by Crippen LogP contribution is 2.15. The molecule has 0 radical (unpaired) electrons. The van der Waals surface area contributed by atoms with E-state index in [0.717, 1.165) is 83.3 Å². The zero-order chi connectivity index (χ0) is 33.2. The number of aldehydes is 1. The lowest BCUT2D eigenvalue weighted by atomic mass is 10.1. The Bertz CT molecular complexity index is 797. The lowest BCUT2D eigenvalue weighted by Gasteiger charge is -2.22. The number of carbonyl (C=O) groups excluding carboxylic acids is 2. The predicted molar refractivity (Wildman–Crippen MR) is 197 cm³/mol. The number of hydrogen-bond acceptors (Lipinski definition) is 7. The van der Waals surface area contributed by atoms with Crippen LogP contribution in [0.5, 0.6) is 0 Å². The van der Waals surface area contributed by atoms with Crippen molar-refractivity contribution < 1.29 is 19.1 Å². The molecule has 0 aliphatic carbocycles. The Morgan fingerprint density at radius 1 is 0.804 bits per heavy atom. The van der Waals surface area contributed by atoms with Crippen molar-refractivity contribution in [2.75, 3.05) is 38.5 Å². The molecule has 7 heteroatoms. The Labute approximate surface area is 288 Å². The molecule has 6 nitrogen and oxygen atoms in total. The van der Waals surface area contributed by atoms with Gasteiger partial charge in [-0.05, 0) is 76.6 Å². The Morgan fingerprint density at radius 3 is 2.13 bits per heavy atom. The zero-order valence-corrected chi connectivity index (χ0v) is 30.6. The third kappa shape index (κ3) is 27.7. The van der Waals surface area contributed by atoms with Gasteiger partial charge >= 0.3 is 5.97 Å². The summed E-state index contributed by atoms with van der Waals surface area (Å²) in [6.07, 6.45) is 24.8. The number of hydrogen-bond donors (Lipinski definition) is 1. The highest BCUT2D eigenvalue weighted by Gasteiger charge is 2.12. The van der Waals surface area contributed by atoms with E-state index in [9.17, 15) is 9.59 Å². The van der Waals surface area contributed by atoms with Gasteiger partial charge in [-0.2, -0.15) is 0 Å². The molecule has 1 atom stereocenters. The number of nitrogens with zero attached hydrogens (tertiary/aromatic N) is 1. The second-order valence-electron chi connectivity index (χ2n) is 12.8. The molecule has 0 saturated heterocycles. The fraction of sp³-hybridized carbons (Fsp3) is 0.795. The average molecular weight is 663 g/mol. The summed E-state index contributed by atoms with van der Waals surface area (Å²) < 4.78 is 15.1. The summed E-state index contributed by atoms with van der Waals surface area (Å²) in [4.78, 5) is 25.6. The quantitative estimate of drug-likeness (QED) is 0.0336. The Balaban J connectivity index is 2.15. The van der Waals surface area contributed by atoms with Gasteiger partial charge in [-0.1, -0.05) is 127 Å². The van der Waals surface area contributed by atoms with Gasteiger partial charge in [0.25, 0.3) is 0 Å². The minimum Gasteiger partial charge on any atom is -0.462 e. The summed E-state index contributed by atoms with van der Waals surface area (Å²) in [5.41, 5.74) is 1.22. The molecule has 0 fully saturated rings. The van der Waals surface area contributed by atoms with Gasteiger partial charge in [0, 0.05) is 25.1 Å².